The van der Waals surface area contributed by atoms with E-state index < -0.39 is 51.6 Å². The van der Waals surface area contributed by atoms with Crippen LogP contribution in [0, 0.1) is 0 Å². The van der Waals surface area contributed by atoms with Gasteiger partial charge in [0.1, 0.15) is 0 Å². The third-order valence-electron chi connectivity index (χ3n) is 2.82. The lowest BCUT2D eigenvalue weighted by atomic mass is 10.2. The number of sulfonamides is 1. The van der Waals surface area contributed by atoms with Crippen LogP contribution in [-0.4, -0.2) is 46.8 Å². The highest BCUT2D eigenvalue weighted by Gasteiger charge is 2.78. The average molecular weight is 347 g/mol. The van der Waals surface area contributed by atoms with Gasteiger partial charge in [-0.3, -0.25) is 0 Å². The van der Waals surface area contributed by atoms with Crippen LogP contribution in [0.4, 0.5) is 26.3 Å². The Morgan fingerprint density at radius 2 is 1.40 bits per heavy atom. The van der Waals surface area contributed by atoms with Crippen LogP contribution in [0.1, 0.15) is 19.3 Å². The monoisotopic (exact) mass is 347 g/mol. The molecule has 4 nitrogen and oxygen atoms in total. The molecule has 0 spiro atoms. The van der Waals surface area contributed by atoms with E-state index in [0.717, 1.165) is 0 Å². The summed E-state index contributed by atoms with van der Waals surface area (Å²) in [7, 11) is -5.97. The Labute approximate surface area is 115 Å². The van der Waals surface area contributed by atoms with Gasteiger partial charge >= 0.3 is 16.4 Å². The molecule has 20 heavy (non-hydrogen) atoms. The van der Waals surface area contributed by atoms with Gasteiger partial charge in [-0.1, -0.05) is 6.42 Å². The molecule has 0 saturated carbocycles. The molecule has 120 valence electrons. The van der Waals surface area contributed by atoms with Crippen LogP contribution in [0.5, 0.6) is 0 Å². The first-order valence-corrected chi connectivity index (χ1v) is 7.59. The minimum Gasteiger partial charge on any atom is -0.325 e. The second-order valence-corrected chi connectivity index (χ2v) is 6.84. The Morgan fingerprint density at radius 1 is 0.950 bits per heavy atom. The molecule has 1 aliphatic heterocycles. The fourth-order valence-corrected chi connectivity index (χ4v) is 3.48. The van der Waals surface area contributed by atoms with Gasteiger partial charge in [0.2, 0.25) is 0 Å². The second kappa shape index (κ2) is 5.54. The van der Waals surface area contributed by atoms with E-state index in [0.29, 0.717) is 6.42 Å². The van der Waals surface area contributed by atoms with Crippen molar-refractivity contribution in [1.29, 1.82) is 0 Å². The molecule has 1 rings (SSSR count). The molecular weight excluding hydrogens is 336 g/mol. The quantitative estimate of drug-likeness (QED) is 0.614. The number of halogens is 6. The molecule has 0 aromatic rings. The maximum absolute atomic E-state index is 13.5. The standard InChI is InChI=1S/C8H11F6NO3S2/c9-6(10,7(11,12)19-16)8(13,14)20(17,18)15-4-2-1-3-5-15/h16H,1-5H2. The van der Waals surface area contributed by atoms with Crippen LogP contribution >= 0.6 is 12.0 Å². The summed E-state index contributed by atoms with van der Waals surface area (Å²) in [6.45, 7) is -0.877. The highest BCUT2D eigenvalue weighted by atomic mass is 32.2. The average Bonchev–Trinajstić information content (AvgIpc) is 2.39. The molecule has 0 unspecified atom stereocenters. The van der Waals surface area contributed by atoms with E-state index in [1.807, 2.05) is 0 Å². The van der Waals surface area contributed by atoms with Crippen molar-refractivity contribution < 1.29 is 39.3 Å². The summed E-state index contributed by atoms with van der Waals surface area (Å²) in [6, 6.07) is 0. The summed E-state index contributed by atoms with van der Waals surface area (Å²) in [5.41, 5.74) is 0. The van der Waals surface area contributed by atoms with Gasteiger partial charge in [0, 0.05) is 13.1 Å². The number of piperidine rings is 1. The van der Waals surface area contributed by atoms with Crippen molar-refractivity contribution in [1.82, 2.24) is 4.31 Å². The van der Waals surface area contributed by atoms with Gasteiger partial charge in [-0.25, -0.2) is 8.42 Å². The number of nitrogens with zero attached hydrogens (tertiary/aromatic N) is 1. The van der Waals surface area contributed by atoms with E-state index in [1.54, 1.807) is 0 Å². The van der Waals surface area contributed by atoms with Crippen molar-refractivity contribution in [2.45, 2.75) is 35.7 Å². The van der Waals surface area contributed by atoms with Gasteiger partial charge < -0.3 is 4.55 Å². The molecule has 1 saturated heterocycles. The van der Waals surface area contributed by atoms with Gasteiger partial charge in [0.25, 0.3) is 10.0 Å². The molecule has 0 aromatic carbocycles. The molecule has 0 atom stereocenters. The zero-order valence-electron chi connectivity index (χ0n) is 9.83. The highest BCUT2D eigenvalue weighted by Crippen LogP contribution is 2.53. The molecule has 1 N–H and O–H groups in total. The summed E-state index contributed by atoms with van der Waals surface area (Å²) in [5, 5.41) is -11.7. The smallest absolute Gasteiger partial charge is 0.325 e. The topological polar surface area (TPSA) is 57.6 Å². The molecule has 0 radical (unpaired) electrons. The first kappa shape index (κ1) is 17.9. The Kier molecular flexibility index (Phi) is 4.94. The molecule has 0 aromatic heterocycles. The Bertz CT molecular complexity index is 449. The molecular formula is C8H11F6NO3S2. The third-order valence-corrected chi connectivity index (χ3v) is 5.26. The molecule has 0 aliphatic carbocycles. The number of rotatable bonds is 5. The van der Waals surface area contributed by atoms with Crippen LogP contribution in [0.25, 0.3) is 0 Å². The van der Waals surface area contributed by atoms with Gasteiger partial charge in [0.05, 0.1) is 12.0 Å². The van der Waals surface area contributed by atoms with E-state index in [4.69, 9.17) is 4.55 Å². The van der Waals surface area contributed by atoms with Gasteiger partial charge in [0.15, 0.2) is 0 Å². The first-order valence-electron chi connectivity index (χ1n) is 5.37. The summed E-state index contributed by atoms with van der Waals surface area (Å²) < 4.78 is 110. The Balaban J connectivity index is 3.20. The van der Waals surface area contributed by atoms with Crippen molar-refractivity contribution in [3.8, 4) is 0 Å². The minimum absolute atomic E-state index is 0.0720. The van der Waals surface area contributed by atoms with E-state index >= 15 is 0 Å². The SMILES string of the molecule is O=S(=O)(N1CCCCC1)C(F)(F)C(F)(F)C(F)(F)SO. The maximum Gasteiger partial charge on any atom is 0.428 e. The third kappa shape index (κ3) is 2.62. The van der Waals surface area contributed by atoms with Crippen LogP contribution < -0.4 is 0 Å². The van der Waals surface area contributed by atoms with E-state index in [9.17, 15) is 34.8 Å². The molecule has 1 heterocycles. The predicted octanol–water partition coefficient (Wildman–Crippen LogP) is 2.83. The van der Waals surface area contributed by atoms with Crippen molar-refractivity contribution in [3.05, 3.63) is 0 Å². The molecule has 0 amide bonds. The minimum atomic E-state index is -6.25. The molecule has 0 bridgehead atoms. The summed E-state index contributed by atoms with van der Waals surface area (Å²) in [6.07, 6.45) is 0.870. The van der Waals surface area contributed by atoms with Crippen LogP contribution in [0.3, 0.4) is 0 Å². The fraction of sp³-hybridized carbons (Fsp3) is 1.00. The van der Waals surface area contributed by atoms with Gasteiger partial charge in [-0.05, 0) is 12.8 Å². The number of hydrogen-bond acceptors (Lipinski definition) is 4. The zero-order chi connectivity index (χ0) is 15.8. The largest absolute Gasteiger partial charge is 0.428 e. The number of alkyl halides is 6. The van der Waals surface area contributed by atoms with E-state index in [1.165, 1.54) is 0 Å². The van der Waals surface area contributed by atoms with Crippen molar-refractivity contribution in [3.63, 3.8) is 0 Å². The van der Waals surface area contributed by atoms with Crippen molar-refractivity contribution in [2.75, 3.05) is 13.1 Å². The summed E-state index contributed by atoms with van der Waals surface area (Å²) in [5.74, 6) is -6.25. The lowest BCUT2D eigenvalue weighted by Gasteiger charge is -2.35. The van der Waals surface area contributed by atoms with Crippen LogP contribution in [-0.2, 0) is 10.0 Å². The molecule has 12 heteroatoms. The molecule has 1 aliphatic rings. The normalized spacial score (nSPS) is 20.1. The number of hydrogen-bond donors (Lipinski definition) is 1. The zero-order valence-corrected chi connectivity index (χ0v) is 11.5. The van der Waals surface area contributed by atoms with Crippen LogP contribution in [0.2, 0.25) is 0 Å². The summed E-state index contributed by atoms with van der Waals surface area (Å²) >= 11 is -1.82. The van der Waals surface area contributed by atoms with E-state index in [2.05, 4.69) is 0 Å². The molecule has 1 fully saturated rings. The van der Waals surface area contributed by atoms with Crippen molar-refractivity contribution in [2.24, 2.45) is 0 Å². The lowest BCUT2D eigenvalue weighted by molar-refractivity contribution is -0.243. The van der Waals surface area contributed by atoms with Gasteiger partial charge in [-0.15, -0.1) is 0 Å². The highest BCUT2D eigenvalue weighted by molar-refractivity contribution is 7.95. The summed E-state index contributed by atoms with van der Waals surface area (Å²) in [4.78, 5) is 0. The van der Waals surface area contributed by atoms with E-state index in [-0.39, 0.29) is 17.1 Å². The Morgan fingerprint density at radius 3 is 1.80 bits per heavy atom. The first-order chi connectivity index (χ1) is 8.92. The Hall–Kier alpha value is -0.200. The second-order valence-electron chi connectivity index (χ2n) is 4.16. The lowest BCUT2D eigenvalue weighted by Crippen LogP contribution is -2.60. The van der Waals surface area contributed by atoms with Gasteiger partial charge in [-0.2, -0.15) is 30.6 Å². The van der Waals surface area contributed by atoms with Crippen molar-refractivity contribution >= 4 is 22.1 Å². The fourth-order valence-electron chi connectivity index (χ4n) is 1.66. The maximum atomic E-state index is 13.5. The predicted molar refractivity (Wildman–Crippen MR) is 59.4 cm³/mol. The van der Waals surface area contributed by atoms with Crippen LogP contribution in [0.15, 0.2) is 0 Å².